The lowest BCUT2D eigenvalue weighted by Crippen LogP contribution is -2.45. The second-order valence-electron chi connectivity index (χ2n) is 6.44. The molecule has 1 atom stereocenters. The zero-order valence-electron chi connectivity index (χ0n) is 14.4. The third kappa shape index (κ3) is 3.89. The molecule has 7 heteroatoms. The molecule has 1 saturated heterocycles. The van der Waals surface area contributed by atoms with Crippen molar-refractivity contribution in [2.24, 2.45) is 0 Å². The van der Waals surface area contributed by atoms with E-state index in [0.717, 1.165) is 29.8 Å². The lowest BCUT2D eigenvalue weighted by molar-refractivity contribution is 0.296. The molecule has 2 aromatic rings. The maximum absolute atomic E-state index is 13.1. The van der Waals surface area contributed by atoms with E-state index >= 15 is 0 Å². The third-order valence-corrected chi connectivity index (χ3v) is 6.41. The van der Waals surface area contributed by atoms with Crippen LogP contribution >= 0.6 is 0 Å². The molecule has 1 aliphatic heterocycles. The van der Waals surface area contributed by atoms with Crippen molar-refractivity contribution in [1.29, 1.82) is 0 Å². The number of hydrogen-bond donors (Lipinski definition) is 0. The van der Waals surface area contributed by atoms with Crippen molar-refractivity contribution < 1.29 is 12.8 Å². The highest BCUT2D eigenvalue weighted by atomic mass is 32.2. The fraction of sp³-hybridized carbons (Fsp3) is 0.389. The van der Waals surface area contributed by atoms with Crippen molar-refractivity contribution in [1.82, 2.24) is 13.6 Å². The van der Waals surface area contributed by atoms with Crippen LogP contribution < -0.4 is 0 Å². The van der Waals surface area contributed by atoms with Crippen molar-refractivity contribution >= 4 is 10.2 Å². The van der Waals surface area contributed by atoms with Gasteiger partial charge in [-0.05, 0) is 49.2 Å². The smallest absolute Gasteiger partial charge is 0.252 e. The van der Waals surface area contributed by atoms with Gasteiger partial charge < -0.3 is 0 Å². The number of rotatable bonds is 4. The van der Waals surface area contributed by atoms with Gasteiger partial charge in [0.15, 0.2) is 0 Å². The summed E-state index contributed by atoms with van der Waals surface area (Å²) in [5.41, 5.74) is 2.49. The van der Waals surface area contributed by atoms with Crippen molar-refractivity contribution in [3.8, 4) is 11.3 Å². The van der Waals surface area contributed by atoms with Gasteiger partial charge in [0.1, 0.15) is 5.82 Å². The van der Waals surface area contributed by atoms with E-state index in [2.05, 4.69) is 0 Å². The van der Waals surface area contributed by atoms with Crippen molar-refractivity contribution in [2.45, 2.75) is 18.8 Å². The second-order valence-corrected chi connectivity index (χ2v) is 8.58. The van der Waals surface area contributed by atoms with Gasteiger partial charge in [0.25, 0.3) is 10.2 Å². The average molecular weight is 363 g/mol. The Morgan fingerprint density at radius 1 is 1.16 bits per heavy atom. The number of aromatic nitrogens is 1. The third-order valence-electron chi connectivity index (χ3n) is 4.50. The quantitative estimate of drug-likeness (QED) is 0.839. The highest BCUT2D eigenvalue weighted by Gasteiger charge is 2.31. The van der Waals surface area contributed by atoms with Crippen LogP contribution in [0.1, 0.15) is 24.5 Å². The fourth-order valence-electron chi connectivity index (χ4n) is 3.08. The number of pyridine rings is 1. The standard InChI is InChI=1S/C18H22FN3O2S/c1-21(2)25(23,24)22-12-4-5-15(13-22)18-7-3-6-17(20-18)14-8-10-16(19)11-9-14/h3,6-11,15H,4-5,12-13H2,1-2H3/t15-/m0/s1. The average Bonchev–Trinajstić information content (AvgIpc) is 2.62. The van der Waals surface area contributed by atoms with Gasteiger partial charge in [-0.1, -0.05) is 6.07 Å². The molecule has 5 nitrogen and oxygen atoms in total. The summed E-state index contributed by atoms with van der Waals surface area (Å²) in [5.74, 6) is -0.222. The Bertz CT molecular complexity index is 838. The minimum absolute atomic E-state index is 0.0591. The summed E-state index contributed by atoms with van der Waals surface area (Å²) in [6.07, 6.45) is 1.71. The molecule has 0 radical (unpaired) electrons. The molecule has 0 bridgehead atoms. The Hall–Kier alpha value is -1.83. The van der Waals surface area contributed by atoms with Gasteiger partial charge in [-0.15, -0.1) is 0 Å². The van der Waals surface area contributed by atoms with Gasteiger partial charge in [-0.3, -0.25) is 4.98 Å². The van der Waals surface area contributed by atoms with E-state index in [4.69, 9.17) is 4.98 Å². The fourth-order valence-corrected chi connectivity index (χ4v) is 4.27. The first-order valence-corrected chi connectivity index (χ1v) is 9.68. The Morgan fingerprint density at radius 3 is 2.56 bits per heavy atom. The summed E-state index contributed by atoms with van der Waals surface area (Å²) in [6.45, 7) is 0.967. The summed E-state index contributed by atoms with van der Waals surface area (Å²) in [7, 11) is -0.315. The van der Waals surface area contributed by atoms with Crippen LogP contribution in [-0.4, -0.2) is 49.2 Å². The molecule has 1 aliphatic rings. The molecule has 0 saturated carbocycles. The Labute approximate surface area is 148 Å². The predicted molar refractivity (Wildman–Crippen MR) is 95.8 cm³/mol. The van der Waals surface area contributed by atoms with Crippen LogP contribution in [0.3, 0.4) is 0 Å². The molecule has 134 valence electrons. The van der Waals surface area contributed by atoms with Crippen LogP contribution in [0.4, 0.5) is 4.39 Å². The Morgan fingerprint density at radius 2 is 1.88 bits per heavy atom. The minimum atomic E-state index is -3.41. The molecule has 2 heterocycles. The molecule has 0 amide bonds. The zero-order chi connectivity index (χ0) is 18.0. The van der Waals surface area contributed by atoms with Crippen LogP contribution in [-0.2, 0) is 10.2 Å². The van der Waals surface area contributed by atoms with Gasteiger partial charge >= 0.3 is 0 Å². The SMILES string of the molecule is CN(C)S(=O)(=O)N1CCC[C@H](c2cccc(-c3ccc(F)cc3)n2)C1. The number of halogens is 1. The summed E-state index contributed by atoms with van der Waals surface area (Å²) in [6, 6.07) is 12.0. The molecule has 1 aromatic carbocycles. The van der Waals surface area contributed by atoms with Gasteiger partial charge in [0.05, 0.1) is 5.69 Å². The highest BCUT2D eigenvalue weighted by molar-refractivity contribution is 7.86. The van der Waals surface area contributed by atoms with Crippen LogP contribution in [0.5, 0.6) is 0 Å². The first-order valence-electron chi connectivity index (χ1n) is 8.28. The molecule has 25 heavy (non-hydrogen) atoms. The topological polar surface area (TPSA) is 53.5 Å². The number of hydrogen-bond acceptors (Lipinski definition) is 3. The lowest BCUT2D eigenvalue weighted by Gasteiger charge is -2.33. The summed E-state index contributed by atoms with van der Waals surface area (Å²) in [5, 5.41) is 0. The maximum atomic E-state index is 13.1. The Kier molecular flexibility index (Phi) is 5.17. The summed E-state index contributed by atoms with van der Waals surface area (Å²) >= 11 is 0. The largest absolute Gasteiger partial charge is 0.281 e. The van der Waals surface area contributed by atoms with E-state index in [1.54, 1.807) is 26.2 Å². The number of nitrogens with zero attached hydrogens (tertiary/aromatic N) is 3. The van der Waals surface area contributed by atoms with Gasteiger partial charge in [-0.25, -0.2) is 4.39 Å². The molecule has 0 spiro atoms. The highest BCUT2D eigenvalue weighted by Crippen LogP contribution is 2.29. The van der Waals surface area contributed by atoms with Crippen LogP contribution in [0.15, 0.2) is 42.5 Å². The van der Waals surface area contributed by atoms with E-state index in [9.17, 15) is 12.8 Å². The first kappa shape index (κ1) is 18.0. The maximum Gasteiger partial charge on any atom is 0.281 e. The number of piperidine rings is 1. The normalized spacial score (nSPS) is 19.3. The van der Waals surface area contributed by atoms with E-state index in [1.807, 2.05) is 18.2 Å². The van der Waals surface area contributed by atoms with E-state index < -0.39 is 10.2 Å². The molecule has 1 fully saturated rings. The molecule has 0 aliphatic carbocycles. The van der Waals surface area contributed by atoms with E-state index in [1.165, 1.54) is 20.7 Å². The Balaban J connectivity index is 1.84. The van der Waals surface area contributed by atoms with Crippen molar-refractivity contribution in [3.63, 3.8) is 0 Å². The molecule has 1 aromatic heterocycles. The van der Waals surface area contributed by atoms with Crippen molar-refractivity contribution in [3.05, 3.63) is 54.0 Å². The molecule has 0 N–H and O–H groups in total. The van der Waals surface area contributed by atoms with Crippen LogP contribution in [0.2, 0.25) is 0 Å². The van der Waals surface area contributed by atoms with Crippen molar-refractivity contribution in [2.75, 3.05) is 27.2 Å². The van der Waals surface area contributed by atoms with Crippen LogP contribution in [0, 0.1) is 5.82 Å². The second kappa shape index (κ2) is 7.19. The number of benzene rings is 1. The monoisotopic (exact) mass is 363 g/mol. The van der Waals surface area contributed by atoms with Gasteiger partial charge in [0.2, 0.25) is 0 Å². The summed E-state index contributed by atoms with van der Waals surface area (Å²) in [4.78, 5) is 4.70. The summed E-state index contributed by atoms with van der Waals surface area (Å²) < 4.78 is 40.6. The van der Waals surface area contributed by atoms with Gasteiger partial charge in [0, 0.05) is 44.4 Å². The van der Waals surface area contributed by atoms with Crippen LogP contribution in [0.25, 0.3) is 11.3 Å². The van der Waals surface area contributed by atoms with E-state index in [-0.39, 0.29) is 11.7 Å². The molecule has 0 unspecified atom stereocenters. The molecular formula is C18H22FN3O2S. The zero-order valence-corrected chi connectivity index (χ0v) is 15.2. The lowest BCUT2D eigenvalue weighted by atomic mass is 9.95. The first-order chi connectivity index (χ1) is 11.9. The predicted octanol–water partition coefficient (Wildman–Crippen LogP) is 2.87. The molecular weight excluding hydrogens is 341 g/mol. The van der Waals surface area contributed by atoms with Gasteiger partial charge in [-0.2, -0.15) is 17.0 Å². The molecule has 3 rings (SSSR count). The van der Waals surface area contributed by atoms with E-state index in [0.29, 0.717) is 13.1 Å². The minimum Gasteiger partial charge on any atom is -0.252 e.